The van der Waals surface area contributed by atoms with Crippen LogP contribution in [0.15, 0.2) is 45.5 Å². The highest BCUT2D eigenvalue weighted by atomic mass is 79.9. The van der Waals surface area contributed by atoms with Crippen molar-refractivity contribution in [2.45, 2.75) is 0 Å². The summed E-state index contributed by atoms with van der Waals surface area (Å²) in [5.41, 5.74) is 7.57. The third-order valence-corrected chi connectivity index (χ3v) is 3.50. The van der Waals surface area contributed by atoms with Gasteiger partial charge in [-0.3, -0.25) is 4.98 Å². The van der Waals surface area contributed by atoms with Crippen molar-refractivity contribution < 1.29 is 4.42 Å². The second-order valence-corrected chi connectivity index (χ2v) is 5.44. The van der Waals surface area contributed by atoms with E-state index < -0.39 is 0 Å². The number of hydrogen-bond donors (Lipinski definition) is 2. The van der Waals surface area contributed by atoms with Gasteiger partial charge in [-0.05, 0) is 24.3 Å². The molecular formula is C13H9BrClN5O. The summed E-state index contributed by atoms with van der Waals surface area (Å²) in [6.45, 7) is 0. The Morgan fingerprint density at radius 2 is 2.05 bits per heavy atom. The lowest BCUT2D eigenvalue weighted by Gasteiger charge is -2.10. The number of hydrogen-bond acceptors (Lipinski definition) is 6. The number of halogens is 2. The molecule has 106 valence electrons. The number of nitrogen functional groups attached to an aromatic ring is 1. The van der Waals surface area contributed by atoms with E-state index in [0.29, 0.717) is 22.2 Å². The smallest absolute Gasteiger partial charge is 0.313 e. The molecule has 2 aromatic heterocycles. The number of nitrogens with zero attached hydrogens (tertiary/aromatic N) is 3. The largest absolute Gasteiger partial charge is 0.403 e. The Kier molecular flexibility index (Phi) is 3.76. The van der Waals surface area contributed by atoms with Crippen LogP contribution in [0.25, 0.3) is 11.5 Å². The van der Waals surface area contributed by atoms with Crippen LogP contribution >= 0.6 is 27.5 Å². The molecule has 2 heterocycles. The molecule has 6 nitrogen and oxygen atoms in total. The molecule has 1 aromatic carbocycles. The van der Waals surface area contributed by atoms with Crippen LogP contribution in [-0.2, 0) is 0 Å². The Morgan fingerprint density at radius 3 is 2.76 bits per heavy atom. The van der Waals surface area contributed by atoms with Gasteiger partial charge in [0, 0.05) is 10.7 Å². The third kappa shape index (κ3) is 2.98. The number of rotatable bonds is 3. The topological polar surface area (TPSA) is 89.9 Å². The van der Waals surface area contributed by atoms with Gasteiger partial charge in [0.05, 0.1) is 28.2 Å². The number of benzene rings is 1. The Bertz CT molecular complexity index is 792. The Labute approximate surface area is 133 Å². The molecule has 0 unspecified atom stereocenters. The van der Waals surface area contributed by atoms with Crippen LogP contribution in [0.1, 0.15) is 0 Å². The fraction of sp³-hybridized carbons (Fsp3) is 0. The van der Waals surface area contributed by atoms with Gasteiger partial charge in [-0.1, -0.05) is 32.6 Å². The maximum absolute atomic E-state index is 6.20. The first-order valence-corrected chi connectivity index (χ1v) is 7.06. The van der Waals surface area contributed by atoms with E-state index in [9.17, 15) is 0 Å². The lowest BCUT2D eigenvalue weighted by Crippen LogP contribution is -1.95. The zero-order chi connectivity index (χ0) is 14.8. The van der Waals surface area contributed by atoms with E-state index in [1.54, 1.807) is 24.5 Å². The van der Waals surface area contributed by atoms with Crippen LogP contribution in [-0.4, -0.2) is 15.2 Å². The highest BCUT2D eigenvalue weighted by Crippen LogP contribution is 2.32. The van der Waals surface area contributed by atoms with Gasteiger partial charge in [-0.25, -0.2) is 0 Å². The number of aromatic nitrogens is 3. The summed E-state index contributed by atoms with van der Waals surface area (Å²) in [6.07, 6.45) is 3.28. The summed E-state index contributed by atoms with van der Waals surface area (Å²) >= 11 is 9.56. The molecule has 3 rings (SSSR count). The zero-order valence-electron chi connectivity index (χ0n) is 10.5. The number of nitrogens with one attached hydrogen (secondary N) is 1. The average Bonchev–Trinajstić information content (AvgIpc) is 2.89. The number of anilines is 3. The van der Waals surface area contributed by atoms with Gasteiger partial charge in [0.2, 0.25) is 0 Å². The van der Waals surface area contributed by atoms with Crippen molar-refractivity contribution >= 4 is 44.9 Å². The molecule has 0 radical (unpaired) electrons. The molecule has 0 spiro atoms. The Balaban J connectivity index is 1.99. The van der Waals surface area contributed by atoms with Crippen LogP contribution < -0.4 is 11.1 Å². The quantitative estimate of drug-likeness (QED) is 0.731. The van der Waals surface area contributed by atoms with E-state index in [-0.39, 0.29) is 6.01 Å². The first-order valence-electron chi connectivity index (χ1n) is 5.89. The fourth-order valence-corrected chi connectivity index (χ4v) is 2.48. The molecule has 3 aromatic rings. The van der Waals surface area contributed by atoms with Crippen molar-refractivity contribution in [2.24, 2.45) is 0 Å². The van der Waals surface area contributed by atoms with Crippen LogP contribution in [0.5, 0.6) is 0 Å². The molecule has 0 saturated heterocycles. The summed E-state index contributed by atoms with van der Waals surface area (Å²) < 4.78 is 6.14. The Hall–Kier alpha value is -2.12. The maximum atomic E-state index is 6.20. The van der Waals surface area contributed by atoms with Gasteiger partial charge < -0.3 is 15.5 Å². The molecule has 0 bridgehead atoms. The van der Waals surface area contributed by atoms with Crippen molar-refractivity contribution in [1.82, 2.24) is 15.2 Å². The molecule has 3 N–H and O–H groups in total. The fourth-order valence-electron chi connectivity index (χ4n) is 1.76. The minimum Gasteiger partial charge on any atom is -0.403 e. The normalized spacial score (nSPS) is 10.6. The van der Waals surface area contributed by atoms with E-state index in [1.807, 2.05) is 12.1 Å². The second kappa shape index (κ2) is 5.71. The summed E-state index contributed by atoms with van der Waals surface area (Å²) in [5, 5.41) is 11.3. The molecule has 0 aliphatic carbocycles. The van der Waals surface area contributed by atoms with Crippen LogP contribution in [0, 0.1) is 0 Å². The van der Waals surface area contributed by atoms with Gasteiger partial charge in [-0.15, -0.1) is 5.10 Å². The highest BCUT2D eigenvalue weighted by Gasteiger charge is 2.13. The summed E-state index contributed by atoms with van der Waals surface area (Å²) in [6, 6.07) is 7.29. The van der Waals surface area contributed by atoms with Gasteiger partial charge >= 0.3 is 6.01 Å². The predicted molar refractivity (Wildman–Crippen MR) is 84.4 cm³/mol. The number of nitrogens with two attached hydrogens (primary N) is 1. The SMILES string of the molecule is Nc1nnc(-c2ccncc2Nc2ccc(Br)cc2Cl)o1. The predicted octanol–water partition coefficient (Wildman–Crippen LogP) is 3.87. The van der Waals surface area contributed by atoms with Crippen molar-refractivity contribution in [3.8, 4) is 11.5 Å². The van der Waals surface area contributed by atoms with Crippen LogP contribution in [0.4, 0.5) is 17.4 Å². The monoisotopic (exact) mass is 365 g/mol. The van der Waals surface area contributed by atoms with E-state index in [1.165, 1.54) is 0 Å². The molecule has 0 aliphatic heterocycles. The minimum absolute atomic E-state index is 0.00874. The second-order valence-electron chi connectivity index (χ2n) is 4.12. The summed E-state index contributed by atoms with van der Waals surface area (Å²) in [4.78, 5) is 4.09. The molecular weight excluding hydrogens is 358 g/mol. The lowest BCUT2D eigenvalue weighted by molar-refractivity contribution is 0.590. The molecule has 0 atom stereocenters. The van der Waals surface area contributed by atoms with E-state index in [0.717, 1.165) is 10.2 Å². The molecule has 8 heteroatoms. The summed E-state index contributed by atoms with van der Waals surface area (Å²) in [5.74, 6) is 0.311. The van der Waals surface area contributed by atoms with Gasteiger partial charge in [0.15, 0.2) is 0 Å². The van der Waals surface area contributed by atoms with Gasteiger partial charge in [-0.2, -0.15) is 0 Å². The van der Waals surface area contributed by atoms with E-state index in [4.69, 9.17) is 21.8 Å². The zero-order valence-corrected chi connectivity index (χ0v) is 12.9. The third-order valence-electron chi connectivity index (χ3n) is 2.69. The number of pyridine rings is 1. The molecule has 0 fully saturated rings. The van der Waals surface area contributed by atoms with Crippen LogP contribution in [0.3, 0.4) is 0 Å². The van der Waals surface area contributed by atoms with Crippen molar-refractivity contribution in [1.29, 1.82) is 0 Å². The molecule has 0 amide bonds. The molecule has 0 saturated carbocycles. The van der Waals surface area contributed by atoms with Gasteiger partial charge in [0.1, 0.15) is 0 Å². The van der Waals surface area contributed by atoms with Gasteiger partial charge in [0.25, 0.3) is 5.89 Å². The molecule has 0 aliphatic rings. The average molecular weight is 367 g/mol. The highest BCUT2D eigenvalue weighted by molar-refractivity contribution is 9.10. The first kappa shape index (κ1) is 13.8. The molecule has 21 heavy (non-hydrogen) atoms. The minimum atomic E-state index is 0.00874. The van der Waals surface area contributed by atoms with E-state index >= 15 is 0 Å². The Morgan fingerprint density at radius 1 is 1.19 bits per heavy atom. The maximum Gasteiger partial charge on any atom is 0.313 e. The van der Waals surface area contributed by atoms with E-state index in [2.05, 4.69) is 36.4 Å². The van der Waals surface area contributed by atoms with Crippen molar-refractivity contribution in [3.63, 3.8) is 0 Å². The first-order chi connectivity index (χ1) is 10.1. The standard InChI is InChI=1S/C13H9BrClN5O/c14-7-1-2-10(9(15)5-7)18-11-6-17-4-3-8(11)12-19-20-13(16)21-12/h1-6,18H,(H2,16,20). The summed E-state index contributed by atoms with van der Waals surface area (Å²) in [7, 11) is 0. The van der Waals surface area contributed by atoms with Crippen molar-refractivity contribution in [2.75, 3.05) is 11.1 Å². The van der Waals surface area contributed by atoms with Crippen LogP contribution in [0.2, 0.25) is 5.02 Å². The lowest BCUT2D eigenvalue weighted by atomic mass is 10.2. The van der Waals surface area contributed by atoms with Crippen molar-refractivity contribution in [3.05, 3.63) is 46.2 Å².